The molecule has 2 heterocycles. The van der Waals surface area contributed by atoms with E-state index in [-0.39, 0.29) is 41.4 Å². The van der Waals surface area contributed by atoms with E-state index in [4.69, 9.17) is 4.74 Å². The van der Waals surface area contributed by atoms with Gasteiger partial charge in [-0.1, -0.05) is 31.8 Å². The fraction of sp³-hybridized carbons (Fsp3) is 0.409. The molecule has 1 atom stereocenters. The van der Waals surface area contributed by atoms with Crippen molar-refractivity contribution in [2.24, 2.45) is 0 Å². The van der Waals surface area contributed by atoms with Crippen LogP contribution in [0.25, 0.3) is 11.1 Å². The summed E-state index contributed by atoms with van der Waals surface area (Å²) in [6.07, 6.45) is 4.30. The topological polar surface area (TPSA) is 102 Å². The number of fused-ring (bicyclic) bond motifs is 1. The zero-order valence-corrected chi connectivity index (χ0v) is 20.8. The standard InChI is InChI=1S/C22H28FN5O3SSi.Na.H/c1-33(2,3)12-11-31-14-28-21(26-22(27-28)32(29)30)25-20-17-6-4-5-15(17)7-8-18(20)16-9-10-24-19(23)13-16;;/h7-10,13H,4-6,11-12,14H2,1-3H3,(H,29,30)(H,25,26,27);;. The normalized spacial score (nSPS) is 13.9. The summed E-state index contributed by atoms with van der Waals surface area (Å²) in [6, 6.07) is 8.16. The molecule has 1 aliphatic carbocycles. The SMILES string of the molecule is C[Si](C)(C)CCOCn1nc(S(=O)O)nc1Nc1c(-c2ccnc(F)c2)ccc2c1CCC2.[NaH]. The van der Waals surface area contributed by atoms with Crippen LogP contribution in [0.2, 0.25) is 25.7 Å². The summed E-state index contributed by atoms with van der Waals surface area (Å²) >= 11 is -2.33. The number of nitrogens with zero attached hydrogens (tertiary/aromatic N) is 4. The Bertz CT molecular complexity index is 1190. The quantitative estimate of drug-likeness (QED) is 0.193. The molecule has 0 spiro atoms. The van der Waals surface area contributed by atoms with Crippen LogP contribution in [0.1, 0.15) is 17.5 Å². The average molecular weight is 514 g/mol. The second-order valence-corrected chi connectivity index (χ2v) is 15.8. The van der Waals surface area contributed by atoms with Crippen LogP contribution in [0.4, 0.5) is 16.0 Å². The van der Waals surface area contributed by atoms with Crippen molar-refractivity contribution in [1.29, 1.82) is 0 Å². The van der Waals surface area contributed by atoms with Crippen molar-refractivity contribution >= 4 is 60.3 Å². The number of anilines is 2. The maximum absolute atomic E-state index is 13.9. The summed E-state index contributed by atoms with van der Waals surface area (Å²) in [6.45, 7) is 7.49. The number of ether oxygens (including phenoxy) is 1. The van der Waals surface area contributed by atoms with E-state index in [2.05, 4.69) is 46.1 Å². The number of hydrogen-bond donors (Lipinski definition) is 2. The minimum atomic E-state index is -2.33. The van der Waals surface area contributed by atoms with Gasteiger partial charge < -0.3 is 10.1 Å². The summed E-state index contributed by atoms with van der Waals surface area (Å²) in [5.41, 5.74) is 4.63. The van der Waals surface area contributed by atoms with E-state index >= 15 is 0 Å². The number of pyridine rings is 1. The van der Waals surface area contributed by atoms with Crippen molar-refractivity contribution in [2.75, 3.05) is 11.9 Å². The Hall–Kier alpha value is -1.47. The van der Waals surface area contributed by atoms with Crippen molar-refractivity contribution in [3.05, 3.63) is 47.5 Å². The van der Waals surface area contributed by atoms with Gasteiger partial charge in [0.05, 0.1) is 5.69 Å². The average Bonchev–Trinajstić information content (AvgIpc) is 3.38. The summed E-state index contributed by atoms with van der Waals surface area (Å²) in [5, 5.41) is 7.28. The van der Waals surface area contributed by atoms with Crippen LogP contribution in [0.15, 0.2) is 35.6 Å². The number of halogens is 1. The molecule has 0 bridgehead atoms. The molecular formula is C22H29FN5NaO3SSi. The number of nitrogens with one attached hydrogen (secondary N) is 1. The molecule has 0 amide bonds. The van der Waals surface area contributed by atoms with Gasteiger partial charge in [-0.3, -0.25) is 4.55 Å². The Balaban J connectivity index is 0.00000324. The molecule has 0 aliphatic heterocycles. The Morgan fingerprint density at radius 3 is 2.76 bits per heavy atom. The van der Waals surface area contributed by atoms with E-state index < -0.39 is 25.1 Å². The van der Waals surface area contributed by atoms with Gasteiger partial charge >= 0.3 is 29.6 Å². The molecule has 2 N–H and O–H groups in total. The monoisotopic (exact) mass is 513 g/mol. The van der Waals surface area contributed by atoms with Gasteiger partial charge in [0.1, 0.15) is 6.73 Å². The van der Waals surface area contributed by atoms with Crippen molar-refractivity contribution in [3.63, 3.8) is 0 Å². The Labute approximate surface area is 224 Å². The number of benzene rings is 1. The molecule has 1 unspecified atom stereocenters. The maximum atomic E-state index is 13.9. The zero-order valence-electron chi connectivity index (χ0n) is 19.0. The molecule has 4 rings (SSSR count). The second kappa shape index (κ2) is 11.5. The third kappa shape index (κ3) is 6.59. The zero-order chi connectivity index (χ0) is 23.6. The molecule has 8 nitrogen and oxygen atoms in total. The molecule has 1 aliphatic rings. The molecule has 0 radical (unpaired) electrons. The number of aryl methyl sites for hydroxylation is 1. The van der Waals surface area contributed by atoms with E-state index in [0.717, 1.165) is 42.1 Å². The van der Waals surface area contributed by atoms with Crippen molar-refractivity contribution in [1.82, 2.24) is 19.7 Å². The Morgan fingerprint density at radius 2 is 2.06 bits per heavy atom. The third-order valence-electron chi connectivity index (χ3n) is 5.58. The molecular weight excluding hydrogens is 484 g/mol. The van der Waals surface area contributed by atoms with Crippen LogP contribution < -0.4 is 5.32 Å². The minimum absolute atomic E-state index is 0. The van der Waals surface area contributed by atoms with E-state index in [0.29, 0.717) is 18.1 Å². The third-order valence-corrected chi connectivity index (χ3v) is 7.77. The predicted octanol–water partition coefficient (Wildman–Crippen LogP) is 3.96. The van der Waals surface area contributed by atoms with Gasteiger partial charge in [0.25, 0.3) is 5.16 Å². The van der Waals surface area contributed by atoms with Crippen LogP contribution in [0.5, 0.6) is 0 Å². The van der Waals surface area contributed by atoms with E-state index in [1.165, 1.54) is 22.5 Å². The van der Waals surface area contributed by atoms with E-state index in [9.17, 15) is 13.2 Å². The van der Waals surface area contributed by atoms with Crippen molar-refractivity contribution < 1.29 is 17.9 Å². The second-order valence-electron chi connectivity index (χ2n) is 9.29. The van der Waals surface area contributed by atoms with Crippen LogP contribution in [-0.2, 0) is 35.4 Å². The van der Waals surface area contributed by atoms with Gasteiger partial charge in [0.2, 0.25) is 23.0 Å². The van der Waals surface area contributed by atoms with Gasteiger partial charge in [-0.15, -0.1) is 5.10 Å². The summed E-state index contributed by atoms with van der Waals surface area (Å²) in [7, 11) is -1.25. The molecule has 0 fully saturated rings. The predicted molar refractivity (Wildman–Crippen MR) is 135 cm³/mol. The Kier molecular flexibility index (Phi) is 9.18. The first kappa shape index (κ1) is 27.1. The van der Waals surface area contributed by atoms with Crippen LogP contribution in [0.3, 0.4) is 0 Å². The molecule has 12 heteroatoms. The summed E-state index contributed by atoms with van der Waals surface area (Å²) in [4.78, 5) is 7.90. The van der Waals surface area contributed by atoms with Crippen LogP contribution in [0, 0.1) is 5.95 Å². The fourth-order valence-electron chi connectivity index (χ4n) is 3.84. The first-order valence-electron chi connectivity index (χ1n) is 10.9. The van der Waals surface area contributed by atoms with Crippen molar-refractivity contribution in [2.45, 2.75) is 56.8 Å². The van der Waals surface area contributed by atoms with Gasteiger partial charge in [0, 0.05) is 32.5 Å². The number of hydrogen-bond acceptors (Lipinski definition) is 6. The van der Waals surface area contributed by atoms with Crippen molar-refractivity contribution in [3.8, 4) is 11.1 Å². The molecule has 0 saturated carbocycles. The first-order valence-corrected chi connectivity index (χ1v) is 15.7. The van der Waals surface area contributed by atoms with Gasteiger partial charge in [-0.2, -0.15) is 9.37 Å². The van der Waals surface area contributed by atoms with Gasteiger partial charge in [-0.25, -0.2) is 13.9 Å². The van der Waals surface area contributed by atoms with Gasteiger partial charge in [-0.05, 0) is 48.1 Å². The summed E-state index contributed by atoms with van der Waals surface area (Å²) in [5.74, 6) is -0.257. The van der Waals surface area contributed by atoms with E-state index in [1.54, 1.807) is 6.07 Å². The number of rotatable bonds is 9. The van der Waals surface area contributed by atoms with E-state index in [1.807, 2.05) is 6.07 Å². The first-order chi connectivity index (χ1) is 15.7. The van der Waals surface area contributed by atoms with Gasteiger partial charge in [0.15, 0.2) is 0 Å². The molecule has 3 aromatic rings. The Morgan fingerprint density at radius 1 is 1.26 bits per heavy atom. The molecule has 0 saturated heterocycles. The molecule has 1 aromatic carbocycles. The van der Waals surface area contributed by atoms with Crippen LogP contribution >= 0.6 is 0 Å². The number of aromatic nitrogens is 4. The van der Waals surface area contributed by atoms with Crippen LogP contribution in [-0.4, -0.2) is 72.7 Å². The molecule has 2 aromatic heterocycles. The molecule has 34 heavy (non-hydrogen) atoms. The fourth-order valence-corrected chi connectivity index (χ4v) is 4.93. The summed E-state index contributed by atoms with van der Waals surface area (Å²) < 4.78 is 42.3. The molecule has 178 valence electrons.